The number of nitrogens with two attached hydrogens (primary N) is 1. The van der Waals surface area contributed by atoms with Gasteiger partial charge in [-0.3, -0.25) is 9.78 Å². The number of primary amides is 1. The van der Waals surface area contributed by atoms with E-state index in [1.165, 1.54) is 24.4 Å². The molecule has 80 valence electrons. The molecule has 1 aromatic carbocycles. The summed E-state index contributed by atoms with van der Waals surface area (Å²) < 4.78 is 0. The van der Waals surface area contributed by atoms with Crippen molar-refractivity contribution in [1.29, 1.82) is 0 Å². The highest BCUT2D eigenvalue weighted by molar-refractivity contribution is 6.05. The second-order valence-electron chi connectivity index (χ2n) is 3.26. The van der Waals surface area contributed by atoms with E-state index < -0.39 is 11.9 Å². The third-order valence-corrected chi connectivity index (χ3v) is 2.24. The topological polar surface area (TPSA) is 93.3 Å². The molecule has 1 heterocycles. The molecular weight excluding hydrogens is 208 g/mol. The van der Waals surface area contributed by atoms with Gasteiger partial charge in [-0.15, -0.1) is 0 Å². The molecule has 2 rings (SSSR count). The van der Waals surface area contributed by atoms with E-state index in [-0.39, 0.29) is 11.3 Å². The zero-order valence-corrected chi connectivity index (χ0v) is 8.18. The lowest BCUT2D eigenvalue weighted by atomic mass is 10.1. The van der Waals surface area contributed by atoms with E-state index in [4.69, 9.17) is 10.8 Å². The number of hydrogen-bond acceptors (Lipinski definition) is 3. The second kappa shape index (κ2) is 3.62. The van der Waals surface area contributed by atoms with Gasteiger partial charge in [0, 0.05) is 11.6 Å². The molecule has 1 aromatic heterocycles. The van der Waals surface area contributed by atoms with Crippen LogP contribution in [-0.4, -0.2) is 22.0 Å². The Morgan fingerprint density at radius 1 is 1.25 bits per heavy atom. The fraction of sp³-hybridized carbons (Fsp3) is 0. The first-order valence-corrected chi connectivity index (χ1v) is 4.51. The van der Waals surface area contributed by atoms with Crippen LogP contribution in [0.2, 0.25) is 0 Å². The number of hydrogen-bond donors (Lipinski definition) is 2. The van der Waals surface area contributed by atoms with Crippen LogP contribution < -0.4 is 5.73 Å². The third kappa shape index (κ3) is 1.58. The number of pyridine rings is 1. The van der Waals surface area contributed by atoms with Crippen LogP contribution >= 0.6 is 0 Å². The third-order valence-electron chi connectivity index (χ3n) is 2.24. The fourth-order valence-electron chi connectivity index (χ4n) is 1.51. The summed E-state index contributed by atoms with van der Waals surface area (Å²) in [5, 5.41) is 10.00. The Bertz CT molecular complexity index is 593. The molecule has 16 heavy (non-hydrogen) atoms. The van der Waals surface area contributed by atoms with Crippen molar-refractivity contribution >= 4 is 22.6 Å². The van der Waals surface area contributed by atoms with Crippen LogP contribution in [0.1, 0.15) is 20.8 Å². The molecule has 0 spiro atoms. The van der Waals surface area contributed by atoms with E-state index in [1.807, 2.05) is 0 Å². The van der Waals surface area contributed by atoms with Gasteiger partial charge >= 0.3 is 5.97 Å². The number of carbonyl (C=O) groups excluding carboxylic acids is 1. The van der Waals surface area contributed by atoms with Crippen molar-refractivity contribution in [3.63, 3.8) is 0 Å². The molecule has 0 atom stereocenters. The van der Waals surface area contributed by atoms with Gasteiger partial charge in [0.1, 0.15) is 5.69 Å². The molecule has 0 aliphatic heterocycles. The van der Waals surface area contributed by atoms with Crippen molar-refractivity contribution in [2.75, 3.05) is 0 Å². The minimum Gasteiger partial charge on any atom is -0.478 e. The maximum atomic E-state index is 11.1. The number of carboxylic acids is 1. The quantitative estimate of drug-likeness (QED) is 0.784. The average molecular weight is 216 g/mol. The van der Waals surface area contributed by atoms with Gasteiger partial charge in [0.15, 0.2) is 0 Å². The standard InChI is InChI=1S/C11H8N2O3/c12-10(14)9-8-2-1-7(11(15)16)5-6(8)3-4-13-9/h1-5H,(H2,12,14)(H,15,16). The molecule has 0 bridgehead atoms. The first-order chi connectivity index (χ1) is 7.59. The Balaban J connectivity index is 2.73. The van der Waals surface area contributed by atoms with Gasteiger partial charge in [-0.1, -0.05) is 6.07 Å². The molecule has 1 amide bonds. The molecule has 5 heteroatoms. The van der Waals surface area contributed by atoms with E-state index >= 15 is 0 Å². The number of carbonyl (C=O) groups is 2. The monoisotopic (exact) mass is 216 g/mol. The van der Waals surface area contributed by atoms with Gasteiger partial charge in [0.25, 0.3) is 5.91 Å². The summed E-state index contributed by atoms with van der Waals surface area (Å²) in [4.78, 5) is 25.7. The lowest BCUT2D eigenvalue weighted by Gasteiger charge is -2.02. The van der Waals surface area contributed by atoms with Crippen LogP contribution in [0, 0.1) is 0 Å². The van der Waals surface area contributed by atoms with E-state index in [0.717, 1.165) is 0 Å². The number of amides is 1. The number of nitrogens with zero attached hydrogens (tertiary/aromatic N) is 1. The summed E-state index contributed by atoms with van der Waals surface area (Å²) in [5.74, 6) is -1.65. The summed E-state index contributed by atoms with van der Waals surface area (Å²) in [6, 6.07) is 6.06. The van der Waals surface area contributed by atoms with E-state index in [2.05, 4.69) is 4.98 Å². The minimum atomic E-state index is -1.01. The highest BCUT2D eigenvalue weighted by Crippen LogP contribution is 2.18. The van der Waals surface area contributed by atoms with Gasteiger partial charge in [-0.2, -0.15) is 0 Å². The molecule has 3 N–H and O–H groups in total. The second-order valence-corrected chi connectivity index (χ2v) is 3.26. The maximum Gasteiger partial charge on any atom is 0.335 e. The predicted molar refractivity (Wildman–Crippen MR) is 57.2 cm³/mol. The lowest BCUT2D eigenvalue weighted by molar-refractivity contribution is 0.0697. The normalized spacial score (nSPS) is 10.2. The molecule has 0 saturated carbocycles. The van der Waals surface area contributed by atoms with Crippen LogP contribution in [-0.2, 0) is 0 Å². The Labute approximate surface area is 90.5 Å². The SMILES string of the molecule is NC(=O)c1nccc2cc(C(=O)O)ccc12. The van der Waals surface area contributed by atoms with Gasteiger partial charge in [-0.25, -0.2) is 4.79 Å². The first-order valence-electron chi connectivity index (χ1n) is 4.51. The lowest BCUT2D eigenvalue weighted by Crippen LogP contribution is -2.13. The number of benzene rings is 1. The van der Waals surface area contributed by atoms with Crippen LogP contribution in [0.4, 0.5) is 0 Å². The number of carboxylic acid groups (broad SMARTS) is 1. The zero-order valence-electron chi connectivity index (χ0n) is 8.18. The van der Waals surface area contributed by atoms with Crippen molar-refractivity contribution in [3.05, 3.63) is 41.7 Å². The molecule has 0 saturated heterocycles. The van der Waals surface area contributed by atoms with Crippen LogP contribution in [0.25, 0.3) is 10.8 Å². The van der Waals surface area contributed by atoms with E-state index in [1.54, 1.807) is 6.07 Å². The molecule has 0 fully saturated rings. The van der Waals surface area contributed by atoms with Gasteiger partial charge in [0.2, 0.25) is 0 Å². The summed E-state index contributed by atoms with van der Waals surface area (Å²) in [6.07, 6.45) is 1.42. The molecule has 0 aliphatic rings. The minimum absolute atomic E-state index is 0.148. The number of aromatic nitrogens is 1. The number of fused-ring (bicyclic) bond motifs is 1. The van der Waals surface area contributed by atoms with Gasteiger partial charge in [-0.05, 0) is 23.6 Å². The molecule has 5 nitrogen and oxygen atoms in total. The maximum absolute atomic E-state index is 11.1. The van der Waals surface area contributed by atoms with E-state index in [9.17, 15) is 9.59 Å². The van der Waals surface area contributed by atoms with Crippen molar-refractivity contribution in [2.45, 2.75) is 0 Å². The Morgan fingerprint density at radius 3 is 2.62 bits per heavy atom. The average Bonchev–Trinajstić information content (AvgIpc) is 2.27. The summed E-state index contributed by atoms with van der Waals surface area (Å²) >= 11 is 0. The van der Waals surface area contributed by atoms with Crippen molar-refractivity contribution in [3.8, 4) is 0 Å². The van der Waals surface area contributed by atoms with Gasteiger partial charge < -0.3 is 10.8 Å². The predicted octanol–water partition coefficient (Wildman–Crippen LogP) is 1.03. The largest absolute Gasteiger partial charge is 0.478 e. The molecular formula is C11H8N2O3. The van der Waals surface area contributed by atoms with E-state index in [0.29, 0.717) is 10.8 Å². The Morgan fingerprint density at radius 2 is 2.00 bits per heavy atom. The number of rotatable bonds is 2. The molecule has 0 radical (unpaired) electrons. The molecule has 0 unspecified atom stereocenters. The number of aromatic carboxylic acids is 1. The summed E-state index contributed by atoms with van der Waals surface area (Å²) in [5.41, 5.74) is 5.47. The van der Waals surface area contributed by atoms with Crippen molar-refractivity contribution < 1.29 is 14.7 Å². The fourth-order valence-corrected chi connectivity index (χ4v) is 1.51. The van der Waals surface area contributed by atoms with Crippen LogP contribution in [0.5, 0.6) is 0 Å². The highest BCUT2D eigenvalue weighted by atomic mass is 16.4. The zero-order chi connectivity index (χ0) is 11.7. The molecule has 2 aromatic rings. The summed E-state index contributed by atoms with van der Waals surface area (Å²) in [6.45, 7) is 0. The van der Waals surface area contributed by atoms with Gasteiger partial charge in [0.05, 0.1) is 5.56 Å². The van der Waals surface area contributed by atoms with Crippen molar-refractivity contribution in [2.24, 2.45) is 5.73 Å². The van der Waals surface area contributed by atoms with Crippen molar-refractivity contribution in [1.82, 2.24) is 4.98 Å². The van der Waals surface area contributed by atoms with Crippen LogP contribution in [0.15, 0.2) is 30.5 Å². The van der Waals surface area contributed by atoms with Crippen LogP contribution in [0.3, 0.4) is 0 Å². The highest BCUT2D eigenvalue weighted by Gasteiger charge is 2.09. The first kappa shape index (κ1) is 10.1. The molecule has 0 aliphatic carbocycles. The Hall–Kier alpha value is -2.43. The smallest absolute Gasteiger partial charge is 0.335 e. The summed E-state index contributed by atoms with van der Waals surface area (Å²) in [7, 11) is 0. The Kier molecular flexibility index (Phi) is 2.28.